The normalized spacial score (nSPS) is 12.7. The van der Waals surface area contributed by atoms with Gasteiger partial charge in [0.25, 0.3) is 10.1 Å². The number of ether oxygens (including phenoxy) is 1. The van der Waals surface area contributed by atoms with Crippen LogP contribution in [0.1, 0.15) is 27.7 Å². The molecule has 0 atom stereocenters. The van der Waals surface area contributed by atoms with E-state index in [4.69, 9.17) is 4.74 Å². The van der Waals surface area contributed by atoms with E-state index in [9.17, 15) is 8.42 Å². The Morgan fingerprint density at radius 1 is 1.29 bits per heavy atom. The Labute approximate surface area is 125 Å². The molecule has 0 N–H and O–H groups in total. The molecule has 14 heavy (non-hydrogen) atoms. The average Bonchev–Trinajstić information content (AvgIpc) is 1.79. The summed E-state index contributed by atoms with van der Waals surface area (Å²) in [6.45, 7) is 7.18. The van der Waals surface area contributed by atoms with E-state index in [1.807, 2.05) is 13.8 Å². The van der Waals surface area contributed by atoms with Crippen LogP contribution in [0.15, 0.2) is 0 Å². The topological polar surface area (TPSA) is 52.6 Å². The molecule has 0 heterocycles. The summed E-state index contributed by atoms with van der Waals surface area (Å²) in [5.74, 6) is 0. The van der Waals surface area contributed by atoms with Crippen molar-refractivity contribution in [3.63, 3.8) is 0 Å². The first-order chi connectivity index (χ1) is 5.62. The van der Waals surface area contributed by atoms with E-state index in [0.717, 1.165) is 12.4 Å². The molecule has 0 aliphatic carbocycles. The van der Waals surface area contributed by atoms with Crippen molar-refractivity contribution in [3.05, 3.63) is 6.10 Å². The summed E-state index contributed by atoms with van der Waals surface area (Å²) < 4.78 is 31.3. The average molecular weight is 382 g/mol. The van der Waals surface area contributed by atoms with E-state index in [1.54, 1.807) is 13.8 Å². The number of hydrogen-bond acceptors (Lipinski definition) is 4. The first-order valence-corrected chi connectivity index (χ1v) is 5.78. The molecule has 0 radical (unpaired) electrons. The Kier molecular flexibility index (Phi) is 8.71. The minimum Gasteiger partial charge on any atom is -0.543 e. The van der Waals surface area contributed by atoms with Crippen LogP contribution in [0.3, 0.4) is 0 Å². The van der Waals surface area contributed by atoms with E-state index in [-0.39, 0.29) is 53.5 Å². The zero-order chi connectivity index (χ0) is 10.7. The Bertz CT molecular complexity index is 246. The van der Waals surface area contributed by atoms with E-state index in [1.165, 1.54) is 0 Å². The summed E-state index contributed by atoms with van der Waals surface area (Å²) in [6, 6.07) is 0. The molecule has 0 unspecified atom stereocenters. The van der Waals surface area contributed by atoms with Crippen molar-refractivity contribution in [1.82, 2.24) is 0 Å². The smallest absolute Gasteiger partial charge is 0.264 e. The maximum absolute atomic E-state index is 10.7. The van der Waals surface area contributed by atoms with Crippen molar-refractivity contribution in [3.8, 4) is 0 Å². The van der Waals surface area contributed by atoms with Crippen molar-refractivity contribution in [2.45, 2.75) is 33.3 Å². The van der Waals surface area contributed by atoms with Gasteiger partial charge in [-0.2, -0.15) is 22.3 Å². The molecule has 94 valence electrons. The maximum atomic E-state index is 10.7. The first-order valence-electron chi connectivity index (χ1n) is 3.96. The standard InChI is InChI=1S/C8H17O4S.Yb/c1-7(2)12-8(3,4)6-11-13(5,9)10;/h6H2,1-5H3;/q-1;. The van der Waals surface area contributed by atoms with Crippen molar-refractivity contribution < 1.29 is 64.3 Å². The van der Waals surface area contributed by atoms with Crippen molar-refractivity contribution >= 4 is 10.1 Å². The maximum Gasteiger partial charge on any atom is 0.264 e. The van der Waals surface area contributed by atoms with Crippen molar-refractivity contribution in [2.75, 3.05) is 12.9 Å². The zero-order valence-electron chi connectivity index (χ0n) is 9.02. The van der Waals surface area contributed by atoms with Gasteiger partial charge in [-0.05, 0) is 13.8 Å². The van der Waals surface area contributed by atoms with Gasteiger partial charge >= 0.3 is 0 Å². The van der Waals surface area contributed by atoms with Crippen LogP contribution >= 0.6 is 0 Å². The first kappa shape index (κ1) is 17.8. The quantitative estimate of drug-likeness (QED) is 0.532. The summed E-state index contributed by atoms with van der Waals surface area (Å²) in [5.41, 5.74) is -0.609. The van der Waals surface area contributed by atoms with E-state index >= 15 is 0 Å². The molecule has 0 rings (SSSR count). The Balaban J connectivity index is 0. The molecule has 0 aromatic carbocycles. The van der Waals surface area contributed by atoms with Gasteiger partial charge in [0.15, 0.2) is 0 Å². The second-order valence-corrected chi connectivity index (χ2v) is 5.38. The summed E-state index contributed by atoms with van der Waals surface area (Å²) in [5, 5.41) is 0. The van der Waals surface area contributed by atoms with Crippen LogP contribution in [0.2, 0.25) is 0 Å². The third-order valence-electron chi connectivity index (χ3n) is 1.10. The molecule has 0 spiro atoms. The fourth-order valence-electron chi connectivity index (χ4n) is 0.831. The second kappa shape index (κ2) is 6.86. The van der Waals surface area contributed by atoms with Crippen LogP contribution < -0.4 is 0 Å². The van der Waals surface area contributed by atoms with Crippen LogP contribution in [0.4, 0.5) is 0 Å². The summed E-state index contributed by atoms with van der Waals surface area (Å²) in [4.78, 5) is 0. The monoisotopic (exact) mass is 383 g/mol. The van der Waals surface area contributed by atoms with Gasteiger partial charge < -0.3 is 4.74 Å². The molecule has 0 saturated heterocycles. The van der Waals surface area contributed by atoms with Gasteiger partial charge in [0.05, 0.1) is 18.5 Å². The van der Waals surface area contributed by atoms with Crippen molar-refractivity contribution in [2.24, 2.45) is 0 Å². The summed E-state index contributed by atoms with van der Waals surface area (Å²) >= 11 is 0. The summed E-state index contributed by atoms with van der Waals surface area (Å²) in [6.07, 6.45) is 1.80. The molecular weight excluding hydrogens is 365 g/mol. The van der Waals surface area contributed by atoms with Gasteiger partial charge in [-0.25, -0.2) is 6.10 Å². The fourth-order valence-corrected chi connectivity index (χ4v) is 1.33. The SMILES string of the molecule is C[C-](C)OC(C)(C)COS(C)(=O)=O.[Yb]. The largest absolute Gasteiger partial charge is 0.543 e. The van der Waals surface area contributed by atoms with Crippen LogP contribution in [-0.2, 0) is 19.0 Å². The van der Waals surface area contributed by atoms with E-state index in [0.29, 0.717) is 0 Å². The number of hydrogen-bond donors (Lipinski definition) is 0. The van der Waals surface area contributed by atoms with Gasteiger partial charge in [-0.15, -0.1) is 0 Å². The molecule has 0 aliphatic heterocycles. The Morgan fingerprint density at radius 3 is 2.00 bits per heavy atom. The third kappa shape index (κ3) is 11.5. The van der Waals surface area contributed by atoms with Crippen LogP contribution in [0, 0.1) is 53.0 Å². The minimum absolute atomic E-state index is 0. The fraction of sp³-hybridized carbons (Fsp3) is 0.875. The molecule has 4 nitrogen and oxygen atoms in total. The molecule has 0 amide bonds. The molecule has 0 aromatic heterocycles. The van der Waals surface area contributed by atoms with Gasteiger partial charge in [0.2, 0.25) is 0 Å². The van der Waals surface area contributed by atoms with E-state index < -0.39 is 15.7 Å². The number of rotatable bonds is 5. The van der Waals surface area contributed by atoms with Crippen LogP contribution in [0.25, 0.3) is 0 Å². The molecule has 0 bridgehead atoms. The summed E-state index contributed by atoms with van der Waals surface area (Å²) in [7, 11) is -3.38. The molecule has 0 fully saturated rings. The molecule has 0 aliphatic rings. The molecular formula is C8H17O4SYb-. The molecule has 0 aromatic rings. The Morgan fingerprint density at radius 2 is 1.71 bits per heavy atom. The van der Waals surface area contributed by atoms with Gasteiger partial charge in [0.1, 0.15) is 0 Å². The van der Waals surface area contributed by atoms with E-state index in [2.05, 4.69) is 4.18 Å². The predicted molar refractivity (Wildman–Crippen MR) is 50.6 cm³/mol. The van der Waals surface area contributed by atoms with Gasteiger partial charge in [-0.1, -0.05) is 0 Å². The molecule has 6 heteroatoms. The van der Waals surface area contributed by atoms with Crippen LogP contribution in [-0.4, -0.2) is 26.9 Å². The van der Waals surface area contributed by atoms with Gasteiger partial charge in [0, 0.05) is 46.9 Å². The minimum atomic E-state index is -3.38. The predicted octanol–water partition coefficient (Wildman–Crippen LogP) is 1.33. The zero-order valence-corrected chi connectivity index (χ0v) is 11.5. The second-order valence-electron chi connectivity index (χ2n) is 3.74. The van der Waals surface area contributed by atoms with Crippen molar-refractivity contribution in [1.29, 1.82) is 0 Å². The van der Waals surface area contributed by atoms with Crippen LogP contribution in [0.5, 0.6) is 0 Å². The Hall–Kier alpha value is 1.39. The van der Waals surface area contributed by atoms with Gasteiger partial charge in [-0.3, -0.25) is 4.18 Å². The molecule has 0 saturated carbocycles. The third-order valence-corrected chi connectivity index (χ3v) is 1.65.